The van der Waals surface area contributed by atoms with Crippen molar-refractivity contribution in [3.8, 4) is 0 Å². The van der Waals surface area contributed by atoms with Crippen LogP contribution in [0.2, 0.25) is 0 Å². The summed E-state index contributed by atoms with van der Waals surface area (Å²) in [7, 11) is 0. The molecule has 2 heterocycles. The summed E-state index contributed by atoms with van der Waals surface area (Å²) in [4.78, 5) is 0. The summed E-state index contributed by atoms with van der Waals surface area (Å²) in [6, 6.07) is 0. The van der Waals surface area contributed by atoms with E-state index >= 15 is 0 Å². The van der Waals surface area contributed by atoms with Crippen LogP contribution in [0.25, 0.3) is 0 Å². The fourth-order valence-corrected chi connectivity index (χ4v) is 2.51. The highest BCUT2D eigenvalue weighted by Gasteiger charge is 2.25. The summed E-state index contributed by atoms with van der Waals surface area (Å²) in [5.41, 5.74) is 4.32. The molecule has 82 valence electrons. The monoisotopic (exact) mass is 205 g/mol. The van der Waals surface area contributed by atoms with Crippen molar-refractivity contribution in [2.24, 2.45) is 5.92 Å². The fraction of sp³-hybridized carbons (Fsp3) is 0.750. The summed E-state index contributed by atoms with van der Waals surface area (Å²) in [5.74, 6) is 0.921. The molecule has 3 nitrogen and oxygen atoms in total. The summed E-state index contributed by atoms with van der Waals surface area (Å²) in [6.07, 6.45) is 5.05. The Kier molecular flexibility index (Phi) is 2.28. The molecule has 0 amide bonds. The third-order valence-corrected chi connectivity index (χ3v) is 3.55. The third-order valence-electron chi connectivity index (χ3n) is 3.55. The first-order valence-electron chi connectivity index (χ1n) is 6.16. The molecule has 2 aliphatic rings. The van der Waals surface area contributed by atoms with Crippen molar-refractivity contribution < 1.29 is 0 Å². The van der Waals surface area contributed by atoms with E-state index in [1.807, 2.05) is 0 Å². The second-order valence-corrected chi connectivity index (χ2v) is 4.78. The van der Waals surface area contributed by atoms with E-state index in [1.165, 1.54) is 29.8 Å². The molecule has 15 heavy (non-hydrogen) atoms. The van der Waals surface area contributed by atoms with Crippen LogP contribution in [0.3, 0.4) is 0 Å². The maximum absolute atomic E-state index is 4.78. The Balaban J connectivity index is 1.93. The van der Waals surface area contributed by atoms with Crippen molar-refractivity contribution in [2.75, 3.05) is 6.54 Å². The smallest absolute Gasteiger partial charge is 0.0685 e. The highest BCUT2D eigenvalue weighted by atomic mass is 15.3. The van der Waals surface area contributed by atoms with Gasteiger partial charge in [0.1, 0.15) is 0 Å². The Morgan fingerprint density at radius 2 is 2.33 bits per heavy atom. The summed E-state index contributed by atoms with van der Waals surface area (Å²) in [6.45, 7) is 5.53. The molecule has 0 aromatic carbocycles. The van der Waals surface area contributed by atoms with E-state index in [4.69, 9.17) is 5.10 Å². The first kappa shape index (κ1) is 9.40. The molecular weight excluding hydrogens is 186 g/mol. The normalized spacial score (nSPS) is 20.3. The van der Waals surface area contributed by atoms with Crippen molar-refractivity contribution in [1.82, 2.24) is 15.1 Å². The van der Waals surface area contributed by atoms with Gasteiger partial charge in [-0.3, -0.25) is 4.68 Å². The first-order chi connectivity index (χ1) is 7.38. The van der Waals surface area contributed by atoms with Gasteiger partial charge < -0.3 is 5.32 Å². The number of nitrogens with zero attached hydrogens (tertiary/aromatic N) is 2. The second kappa shape index (κ2) is 3.63. The van der Waals surface area contributed by atoms with E-state index < -0.39 is 0 Å². The molecule has 3 heteroatoms. The molecule has 1 aromatic heterocycles. The first-order valence-corrected chi connectivity index (χ1v) is 6.16. The van der Waals surface area contributed by atoms with E-state index in [-0.39, 0.29) is 0 Å². The highest BCUT2D eigenvalue weighted by molar-refractivity contribution is 5.28. The molecule has 1 aromatic rings. The van der Waals surface area contributed by atoms with Gasteiger partial charge in [-0.1, -0.05) is 6.92 Å². The zero-order chi connectivity index (χ0) is 10.3. The minimum absolute atomic E-state index is 0.921. The summed E-state index contributed by atoms with van der Waals surface area (Å²) in [5, 5.41) is 8.22. The number of rotatable bonds is 3. The molecule has 0 unspecified atom stereocenters. The van der Waals surface area contributed by atoms with Crippen LogP contribution >= 0.6 is 0 Å². The van der Waals surface area contributed by atoms with Gasteiger partial charge in [-0.05, 0) is 25.2 Å². The average Bonchev–Trinajstić information content (AvgIpc) is 2.99. The van der Waals surface area contributed by atoms with Crippen molar-refractivity contribution >= 4 is 0 Å². The number of hydrogen-bond donors (Lipinski definition) is 1. The van der Waals surface area contributed by atoms with Crippen LogP contribution in [-0.2, 0) is 25.9 Å². The number of nitrogens with one attached hydrogen (secondary N) is 1. The molecule has 0 saturated heterocycles. The highest BCUT2D eigenvalue weighted by Crippen LogP contribution is 2.31. The summed E-state index contributed by atoms with van der Waals surface area (Å²) < 4.78 is 2.29. The Morgan fingerprint density at radius 1 is 1.47 bits per heavy atom. The predicted molar refractivity (Wildman–Crippen MR) is 59.7 cm³/mol. The molecule has 3 rings (SSSR count). The molecule has 0 atom stereocenters. The number of aromatic nitrogens is 2. The Bertz CT molecular complexity index is 363. The van der Waals surface area contributed by atoms with Crippen LogP contribution in [0, 0.1) is 5.92 Å². The topological polar surface area (TPSA) is 29.9 Å². The van der Waals surface area contributed by atoms with Gasteiger partial charge in [-0.15, -0.1) is 0 Å². The molecule has 0 radical (unpaired) electrons. The van der Waals surface area contributed by atoms with E-state index in [0.29, 0.717) is 0 Å². The van der Waals surface area contributed by atoms with Gasteiger partial charge in [0.05, 0.1) is 5.69 Å². The van der Waals surface area contributed by atoms with Gasteiger partial charge >= 0.3 is 0 Å². The van der Waals surface area contributed by atoms with Gasteiger partial charge in [-0.2, -0.15) is 5.10 Å². The van der Waals surface area contributed by atoms with Crippen LogP contribution < -0.4 is 5.32 Å². The van der Waals surface area contributed by atoms with Gasteiger partial charge in [0.15, 0.2) is 0 Å². The zero-order valence-corrected chi connectivity index (χ0v) is 9.42. The van der Waals surface area contributed by atoms with Gasteiger partial charge in [0, 0.05) is 37.3 Å². The van der Waals surface area contributed by atoms with Crippen LogP contribution in [0.15, 0.2) is 0 Å². The molecule has 1 fully saturated rings. The fourth-order valence-electron chi connectivity index (χ4n) is 2.51. The lowest BCUT2D eigenvalue weighted by atomic mass is 10.1. The third kappa shape index (κ3) is 1.69. The minimum atomic E-state index is 0.921. The van der Waals surface area contributed by atoms with Crippen molar-refractivity contribution in [2.45, 2.75) is 45.7 Å². The summed E-state index contributed by atoms with van der Waals surface area (Å²) >= 11 is 0. The molecule has 1 aliphatic heterocycles. The largest absolute Gasteiger partial charge is 0.312 e. The molecule has 0 bridgehead atoms. The van der Waals surface area contributed by atoms with E-state index in [1.54, 1.807) is 0 Å². The minimum Gasteiger partial charge on any atom is -0.312 e. The van der Waals surface area contributed by atoms with E-state index in [9.17, 15) is 0 Å². The van der Waals surface area contributed by atoms with E-state index in [2.05, 4.69) is 16.9 Å². The molecule has 1 saturated carbocycles. The number of fused-ring (bicyclic) bond motifs is 1. The van der Waals surface area contributed by atoms with Gasteiger partial charge in [-0.25, -0.2) is 0 Å². The predicted octanol–water partition coefficient (Wildman–Crippen LogP) is 1.50. The van der Waals surface area contributed by atoms with E-state index in [0.717, 1.165) is 38.4 Å². The molecule has 1 N–H and O–H groups in total. The maximum atomic E-state index is 4.78. The zero-order valence-electron chi connectivity index (χ0n) is 9.42. The van der Waals surface area contributed by atoms with Crippen molar-refractivity contribution in [1.29, 1.82) is 0 Å². The molecule has 1 aliphatic carbocycles. The van der Waals surface area contributed by atoms with Gasteiger partial charge in [0.2, 0.25) is 0 Å². The lowest BCUT2D eigenvalue weighted by Crippen LogP contribution is -2.23. The Hall–Kier alpha value is -0.830. The number of hydrogen-bond acceptors (Lipinski definition) is 2. The maximum Gasteiger partial charge on any atom is 0.0685 e. The average molecular weight is 205 g/mol. The molecular formula is C12H19N3. The SMILES string of the molecule is CCc1c2c(nn1CC1CC1)CCNC2. The standard InChI is InChI=1S/C12H19N3/c1-2-12-10-7-13-6-5-11(10)14-15(12)8-9-3-4-9/h9,13H,2-8H2,1H3. The Morgan fingerprint density at radius 3 is 3.07 bits per heavy atom. The molecule has 0 spiro atoms. The lowest BCUT2D eigenvalue weighted by Gasteiger charge is -2.12. The van der Waals surface area contributed by atoms with Gasteiger partial charge in [0.25, 0.3) is 0 Å². The van der Waals surface area contributed by atoms with Crippen molar-refractivity contribution in [3.63, 3.8) is 0 Å². The van der Waals surface area contributed by atoms with Crippen LogP contribution in [-0.4, -0.2) is 16.3 Å². The Labute approximate surface area is 90.9 Å². The van der Waals surface area contributed by atoms with Crippen LogP contribution in [0.1, 0.15) is 36.7 Å². The second-order valence-electron chi connectivity index (χ2n) is 4.78. The lowest BCUT2D eigenvalue weighted by molar-refractivity contribution is 0.536. The quantitative estimate of drug-likeness (QED) is 0.810. The van der Waals surface area contributed by atoms with Crippen LogP contribution in [0.4, 0.5) is 0 Å². The van der Waals surface area contributed by atoms with Crippen LogP contribution in [0.5, 0.6) is 0 Å². The van der Waals surface area contributed by atoms with Crippen molar-refractivity contribution in [3.05, 3.63) is 17.0 Å².